The molecule has 1 amide bonds. The van der Waals surface area contributed by atoms with Gasteiger partial charge in [0.25, 0.3) is 5.91 Å². The molecular formula is C17H19BrN2O4. The van der Waals surface area contributed by atoms with Gasteiger partial charge in [0.2, 0.25) is 0 Å². The van der Waals surface area contributed by atoms with Gasteiger partial charge in [-0.1, -0.05) is 6.08 Å². The number of rotatable bonds is 5. The Kier molecular flexibility index (Phi) is 5.66. The van der Waals surface area contributed by atoms with Crippen molar-refractivity contribution in [2.75, 3.05) is 20.8 Å². The van der Waals surface area contributed by atoms with Gasteiger partial charge in [0.05, 0.1) is 29.8 Å². The Balaban J connectivity index is 2.34. The number of esters is 1. The van der Waals surface area contributed by atoms with Gasteiger partial charge in [-0.3, -0.25) is 4.79 Å². The molecule has 0 unspecified atom stereocenters. The summed E-state index contributed by atoms with van der Waals surface area (Å²) in [5.41, 5.74) is 2.36. The number of methoxy groups -OCH3 is 2. The quantitative estimate of drug-likeness (QED) is 0.625. The first-order valence-corrected chi connectivity index (χ1v) is 8.05. The molecular weight excluding hydrogens is 376 g/mol. The lowest BCUT2D eigenvalue weighted by Crippen LogP contribution is -2.24. The predicted octanol–water partition coefficient (Wildman–Crippen LogP) is 2.72. The third-order valence-corrected chi connectivity index (χ3v) is 4.45. The zero-order chi connectivity index (χ0) is 17.9. The summed E-state index contributed by atoms with van der Waals surface area (Å²) in [5.74, 6) is -0.00935. The molecule has 0 aliphatic carbocycles. The molecule has 6 nitrogen and oxygen atoms in total. The summed E-state index contributed by atoms with van der Waals surface area (Å²) < 4.78 is 12.6. The number of halogens is 1. The second-order valence-electron chi connectivity index (χ2n) is 5.16. The number of fused-ring (bicyclic) bond motifs is 1. The van der Waals surface area contributed by atoms with E-state index in [1.54, 1.807) is 13.2 Å². The molecule has 0 bridgehead atoms. The summed E-state index contributed by atoms with van der Waals surface area (Å²) >= 11 is 3.46. The van der Waals surface area contributed by atoms with Crippen LogP contribution in [0.4, 0.5) is 0 Å². The average Bonchev–Trinajstić information content (AvgIpc) is 2.81. The Morgan fingerprint density at radius 3 is 2.67 bits per heavy atom. The molecule has 1 aromatic heterocycles. The number of nitrogens with zero attached hydrogens (tertiary/aromatic N) is 1. The number of amides is 1. The summed E-state index contributed by atoms with van der Waals surface area (Å²) in [7, 11) is 4.79. The van der Waals surface area contributed by atoms with Crippen LogP contribution in [-0.4, -0.2) is 37.2 Å². The maximum atomic E-state index is 12.6. The Labute approximate surface area is 148 Å². The van der Waals surface area contributed by atoms with E-state index in [-0.39, 0.29) is 12.5 Å². The topological polar surface area (TPSA) is 69.6 Å². The van der Waals surface area contributed by atoms with Crippen LogP contribution in [-0.2, 0) is 16.6 Å². The highest BCUT2D eigenvalue weighted by molar-refractivity contribution is 9.10. The van der Waals surface area contributed by atoms with Crippen LogP contribution < -0.4 is 10.1 Å². The first-order chi connectivity index (χ1) is 11.4. The third kappa shape index (κ3) is 3.46. The monoisotopic (exact) mass is 394 g/mol. The number of aryl methyl sites for hydroxylation is 1. The number of carbonyl (C=O) groups is 2. The number of aromatic nitrogens is 1. The van der Waals surface area contributed by atoms with Crippen molar-refractivity contribution < 1.29 is 19.1 Å². The van der Waals surface area contributed by atoms with Gasteiger partial charge in [-0.15, -0.1) is 0 Å². The lowest BCUT2D eigenvalue weighted by molar-refractivity contribution is -0.134. The van der Waals surface area contributed by atoms with Crippen LogP contribution in [0, 0.1) is 6.92 Å². The van der Waals surface area contributed by atoms with E-state index in [0.29, 0.717) is 11.3 Å². The van der Waals surface area contributed by atoms with Crippen molar-refractivity contribution in [3.05, 3.63) is 40.0 Å². The Morgan fingerprint density at radius 1 is 1.33 bits per heavy atom. The zero-order valence-corrected chi connectivity index (χ0v) is 15.6. The molecule has 2 rings (SSSR count). The van der Waals surface area contributed by atoms with Gasteiger partial charge in [0.15, 0.2) is 0 Å². The number of benzene rings is 1. The number of nitrogens with one attached hydrogen (secondary N) is 1. The van der Waals surface area contributed by atoms with Crippen molar-refractivity contribution in [3.63, 3.8) is 0 Å². The van der Waals surface area contributed by atoms with E-state index in [4.69, 9.17) is 4.74 Å². The Bertz CT molecular complexity index is 824. The van der Waals surface area contributed by atoms with Gasteiger partial charge in [-0.2, -0.15) is 0 Å². The van der Waals surface area contributed by atoms with Crippen LogP contribution in [0.3, 0.4) is 0 Å². The summed E-state index contributed by atoms with van der Waals surface area (Å²) in [5, 5.41) is 3.59. The van der Waals surface area contributed by atoms with E-state index in [0.717, 1.165) is 21.1 Å². The fraction of sp³-hybridized carbons (Fsp3) is 0.294. The minimum atomic E-state index is -0.458. The van der Waals surface area contributed by atoms with Gasteiger partial charge in [0, 0.05) is 30.7 Å². The molecule has 0 saturated heterocycles. The summed E-state index contributed by atoms with van der Waals surface area (Å²) in [4.78, 5) is 23.6. The highest BCUT2D eigenvalue weighted by Crippen LogP contribution is 2.34. The molecule has 0 radical (unpaired) electrons. The summed E-state index contributed by atoms with van der Waals surface area (Å²) in [6.45, 7) is 2.12. The van der Waals surface area contributed by atoms with E-state index in [9.17, 15) is 9.59 Å². The minimum Gasteiger partial charge on any atom is -0.496 e. The molecule has 1 heterocycles. The second kappa shape index (κ2) is 7.53. The third-order valence-electron chi connectivity index (χ3n) is 3.83. The van der Waals surface area contributed by atoms with Gasteiger partial charge in [-0.25, -0.2) is 4.79 Å². The lowest BCUT2D eigenvalue weighted by Gasteiger charge is -2.05. The fourth-order valence-electron chi connectivity index (χ4n) is 2.47. The molecule has 1 N–H and O–H groups in total. The number of hydrogen-bond acceptors (Lipinski definition) is 4. The number of carbonyl (C=O) groups excluding carboxylic acids is 2. The zero-order valence-electron chi connectivity index (χ0n) is 14.0. The molecule has 7 heteroatoms. The maximum Gasteiger partial charge on any atom is 0.330 e. The van der Waals surface area contributed by atoms with Crippen LogP contribution >= 0.6 is 15.9 Å². The smallest absolute Gasteiger partial charge is 0.330 e. The standard InChI is InChI=1S/C17H19BrN2O4/c1-10-16(17(22)19-7-5-6-15(21)24-4)11-8-14(23-3)12(18)9-13(11)20(10)2/h5-6,8-9H,7H2,1-4H3,(H,19,22)/b6-5+. The number of ether oxygens (including phenoxy) is 2. The molecule has 1 aromatic carbocycles. The van der Waals surface area contributed by atoms with Crippen molar-refractivity contribution in [1.82, 2.24) is 9.88 Å². The molecule has 0 saturated carbocycles. The van der Waals surface area contributed by atoms with Crippen LogP contribution in [0.1, 0.15) is 16.1 Å². The summed E-state index contributed by atoms with van der Waals surface area (Å²) in [6.07, 6.45) is 2.82. The SMILES string of the molecule is COC(=O)/C=C/CNC(=O)c1c(C)n(C)c2cc(Br)c(OC)cc12. The van der Waals surface area contributed by atoms with Gasteiger partial charge >= 0.3 is 5.97 Å². The van der Waals surface area contributed by atoms with E-state index in [1.165, 1.54) is 13.2 Å². The minimum absolute atomic E-state index is 0.211. The first kappa shape index (κ1) is 18.1. The van der Waals surface area contributed by atoms with Crippen LogP contribution in [0.2, 0.25) is 0 Å². The molecule has 128 valence electrons. The average molecular weight is 395 g/mol. The Hall–Kier alpha value is -2.28. The van der Waals surface area contributed by atoms with Crippen LogP contribution in [0.15, 0.2) is 28.8 Å². The van der Waals surface area contributed by atoms with Crippen molar-refractivity contribution in [2.45, 2.75) is 6.92 Å². The molecule has 0 aliphatic rings. The predicted molar refractivity (Wildman–Crippen MR) is 95.4 cm³/mol. The first-order valence-electron chi connectivity index (χ1n) is 7.25. The Morgan fingerprint density at radius 2 is 2.04 bits per heavy atom. The maximum absolute atomic E-state index is 12.6. The molecule has 0 atom stereocenters. The fourth-order valence-corrected chi connectivity index (χ4v) is 2.96. The molecule has 0 spiro atoms. The lowest BCUT2D eigenvalue weighted by atomic mass is 10.1. The van der Waals surface area contributed by atoms with E-state index < -0.39 is 5.97 Å². The van der Waals surface area contributed by atoms with Gasteiger partial charge < -0.3 is 19.4 Å². The van der Waals surface area contributed by atoms with E-state index >= 15 is 0 Å². The molecule has 0 aliphatic heterocycles. The number of hydrogen-bond donors (Lipinski definition) is 1. The van der Waals surface area contributed by atoms with Crippen molar-refractivity contribution >= 4 is 38.7 Å². The molecule has 24 heavy (non-hydrogen) atoms. The highest BCUT2D eigenvalue weighted by Gasteiger charge is 2.19. The van der Waals surface area contributed by atoms with E-state index in [2.05, 4.69) is 26.0 Å². The molecule has 2 aromatic rings. The van der Waals surface area contributed by atoms with E-state index in [1.807, 2.05) is 30.7 Å². The molecule has 0 fully saturated rings. The van der Waals surface area contributed by atoms with Crippen LogP contribution in [0.5, 0.6) is 5.75 Å². The summed E-state index contributed by atoms with van der Waals surface area (Å²) in [6, 6.07) is 3.76. The normalized spacial score (nSPS) is 11.0. The highest BCUT2D eigenvalue weighted by atomic mass is 79.9. The van der Waals surface area contributed by atoms with Gasteiger partial charge in [-0.05, 0) is 35.0 Å². The van der Waals surface area contributed by atoms with Crippen LogP contribution in [0.25, 0.3) is 10.9 Å². The van der Waals surface area contributed by atoms with Gasteiger partial charge in [0.1, 0.15) is 5.75 Å². The van der Waals surface area contributed by atoms with Crippen molar-refractivity contribution in [2.24, 2.45) is 7.05 Å². The second-order valence-corrected chi connectivity index (χ2v) is 6.01. The largest absolute Gasteiger partial charge is 0.496 e. The van der Waals surface area contributed by atoms with Crippen molar-refractivity contribution in [1.29, 1.82) is 0 Å². The van der Waals surface area contributed by atoms with Crippen molar-refractivity contribution in [3.8, 4) is 5.75 Å².